The summed E-state index contributed by atoms with van der Waals surface area (Å²) in [5.41, 5.74) is 0. The summed E-state index contributed by atoms with van der Waals surface area (Å²) in [5.74, 6) is -2.94. The second-order valence-corrected chi connectivity index (χ2v) is 5.60. The summed E-state index contributed by atoms with van der Waals surface area (Å²) in [4.78, 5) is 32.4. The van der Waals surface area contributed by atoms with E-state index in [4.69, 9.17) is 0 Å². The van der Waals surface area contributed by atoms with E-state index in [1.54, 1.807) is 0 Å². The Kier molecular flexibility index (Phi) is 20.8. The number of amides is 1. The van der Waals surface area contributed by atoms with Gasteiger partial charge in [0.2, 0.25) is 5.91 Å². The summed E-state index contributed by atoms with van der Waals surface area (Å²) in [6.07, 6.45) is 2.44. The largest absolute Gasteiger partial charge is 2.00 e. The van der Waals surface area contributed by atoms with Crippen molar-refractivity contribution in [2.75, 3.05) is 5.75 Å². The molecule has 0 saturated carbocycles. The number of nitrogens with one attached hydrogen (secondary N) is 1. The van der Waals surface area contributed by atoms with Gasteiger partial charge in [0, 0.05) is 24.1 Å². The van der Waals surface area contributed by atoms with Gasteiger partial charge < -0.3 is 25.1 Å². The molecule has 1 unspecified atom stereocenters. The predicted molar refractivity (Wildman–Crippen MR) is 83.4 cm³/mol. The first-order valence-electron chi connectivity index (χ1n) is 6.35. The van der Waals surface area contributed by atoms with Gasteiger partial charge in [-0.15, -0.1) is 0 Å². The van der Waals surface area contributed by atoms with E-state index >= 15 is 0 Å². The summed E-state index contributed by atoms with van der Waals surface area (Å²) in [5, 5.41) is 23.3. The Balaban J connectivity index is -0.00000180. The number of carbonyl (C=O) groups is 3. The summed E-state index contributed by atoms with van der Waals surface area (Å²) >= 11 is 8.44. The molecule has 2 atom stereocenters. The molecule has 0 fully saturated rings. The SMILES string of the molecule is O=C([O-])C[C@H](NC(=O)CCCCC(S)CCS)C(=O)[O-].[NaH].[Zn+2]. The zero-order valence-corrected chi connectivity index (χ0v) is 16.5. The molecule has 0 aromatic carbocycles. The molecule has 0 aliphatic carbocycles. The smallest absolute Gasteiger partial charge is 2.00 e. The van der Waals surface area contributed by atoms with Gasteiger partial charge in [0.15, 0.2) is 0 Å². The maximum Gasteiger partial charge on any atom is 2.00 e. The third kappa shape index (κ3) is 15.6. The van der Waals surface area contributed by atoms with Crippen molar-refractivity contribution in [3.8, 4) is 0 Å². The molecule has 0 aliphatic rings. The van der Waals surface area contributed by atoms with Crippen molar-refractivity contribution in [3.05, 3.63) is 0 Å². The van der Waals surface area contributed by atoms with E-state index in [1.165, 1.54) is 0 Å². The number of carboxylic acids is 2. The molecule has 6 nitrogen and oxygen atoms in total. The van der Waals surface area contributed by atoms with Crippen LogP contribution in [0.2, 0.25) is 0 Å². The fourth-order valence-corrected chi connectivity index (χ4v) is 2.41. The fraction of sp³-hybridized carbons (Fsp3) is 0.750. The van der Waals surface area contributed by atoms with Gasteiger partial charge in [0.05, 0.1) is 12.0 Å². The second-order valence-electron chi connectivity index (χ2n) is 4.43. The van der Waals surface area contributed by atoms with Gasteiger partial charge in [-0.1, -0.05) is 6.42 Å². The third-order valence-electron chi connectivity index (χ3n) is 2.64. The maximum absolute atomic E-state index is 11.5. The Morgan fingerprint density at radius 2 is 1.68 bits per heavy atom. The van der Waals surface area contributed by atoms with Crippen LogP contribution in [-0.2, 0) is 33.9 Å². The molecule has 0 bridgehead atoms. The minimum Gasteiger partial charge on any atom is 2.00 e. The van der Waals surface area contributed by atoms with E-state index in [0.717, 1.165) is 25.0 Å². The molecule has 0 saturated heterocycles. The van der Waals surface area contributed by atoms with E-state index in [2.05, 4.69) is 30.6 Å². The second kappa shape index (κ2) is 16.6. The molecule has 0 aromatic rings. The molecule has 0 heterocycles. The number of aliphatic carboxylic acids is 2. The van der Waals surface area contributed by atoms with Crippen molar-refractivity contribution in [1.82, 2.24) is 5.32 Å². The van der Waals surface area contributed by atoms with Gasteiger partial charge >= 0.3 is 49.0 Å². The quantitative estimate of drug-likeness (QED) is 0.205. The summed E-state index contributed by atoms with van der Waals surface area (Å²) in [6, 6.07) is -1.55. The van der Waals surface area contributed by atoms with Crippen LogP contribution < -0.4 is 15.5 Å². The molecule has 0 spiro atoms. The van der Waals surface area contributed by atoms with Crippen molar-refractivity contribution < 1.29 is 44.1 Å². The van der Waals surface area contributed by atoms with Crippen LogP contribution in [0.1, 0.15) is 38.5 Å². The van der Waals surface area contributed by atoms with Crippen LogP contribution in [0.3, 0.4) is 0 Å². The molecular weight excluding hydrogens is 391 g/mol. The average Bonchev–Trinajstić information content (AvgIpc) is 2.33. The monoisotopic (exact) mass is 409 g/mol. The first-order chi connectivity index (χ1) is 9.36. The van der Waals surface area contributed by atoms with Gasteiger partial charge in [-0.2, -0.15) is 25.3 Å². The Bertz CT molecular complexity index is 349. The first-order valence-corrected chi connectivity index (χ1v) is 7.50. The number of hydrogen-bond acceptors (Lipinski definition) is 7. The number of rotatable bonds is 11. The van der Waals surface area contributed by atoms with E-state index in [9.17, 15) is 24.6 Å². The van der Waals surface area contributed by atoms with Gasteiger partial charge in [0.25, 0.3) is 0 Å². The molecule has 0 aliphatic heterocycles. The molecular formula is C12H20NNaO5S2Zn. The van der Waals surface area contributed by atoms with Crippen molar-refractivity contribution in [1.29, 1.82) is 0 Å². The van der Waals surface area contributed by atoms with Crippen LogP contribution in [-0.4, -0.2) is 64.4 Å². The molecule has 0 rings (SSSR count). The van der Waals surface area contributed by atoms with Crippen LogP contribution >= 0.6 is 25.3 Å². The maximum atomic E-state index is 11.5. The first kappa shape index (κ1) is 27.6. The van der Waals surface area contributed by atoms with Crippen LogP contribution in [0.4, 0.5) is 0 Å². The normalized spacial score (nSPS) is 12.3. The molecule has 22 heavy (non-hydrogen) atoms. The van der Waals surface area contributed by atoms with Crippen LogP contribution in [0.25, 0.3) is 0 Å². The van der Waals surface area contributed by atoms with Crippen LogP contribution in [0.15, 0.2) is 0 Å². The number of carbonyl (C=O) groups excluding carboxylic acids is 3. The van der Waals surface area contributed by atoms with Crippen molar-refractivity contribution >= 4 is 72.7 Å². The number of hydrogen-bond donors (Lipinski definition) is 3. The molecule has 0 aromatic heterocycles. The fourth-order valence-electron chi connectivity index (χ4n) is 1.59. The third-order valence-corrected chi connectivity index (χ3v) is 3.42. The van der Waals surface area contributed by atoms with Gasteiger partial charge in [0.1, 0.15) is 0 Å². The van der Waals surface area contributed by atoms with Crippen molar-refractivity contribution in [2.24, 2.45) is 0 Å². The Morgan fingerprint density at radius 3 is 2.14 bits per heavy atom. The van der Waals surface area contributed by atoms with Gasteiger partial charge in [-0.05, 0) is 25.0 Å². The molecule has 10 heteroatoms. The molecule has 118 valence electrons. The molecule has 1 amide bonds. The van der Waals surface area contributed by atoms with Crippen LogP contribution in [0, 0.1) is 0 Å². The zero-order chi connectivity index (χ0) is 15.5. The van der Waals surface area contributed by atoms with Gasteiger partial charge in [-0.3, -0.25) is 4.79 Å². The van der Waals surface area contributed by atoms with Crippen molar-refractivity contribution in [2.45, 2.75) is 49.8 Å². The molecule has 0 radical (unpaired) electrons. The Labute approximate surface area is 176 Å². The van der Waals surface area contributed by atoms with Crippen molar-refractivity contribution in [3.63, 3.8) is 0 Å². The van der Waals surface area contributed by atoms with E-state index < -0.39 is 30.3 Å². The van der Waals surface area contributed by atoms with E-state index in [0.29, 0.717) is 6.42 Å². The number of unbranched alkanes of at least 4 members (excludes halogenated alkanes) is 1. The topological polar surface area (TPSA) is 109 Å². The zero-order valence-electron chi connectivity index (χ0n) is 11.7. The van der Waals surface area contributed by atoms with E-state index in [-0.39, 0.29) is 60.7 Å². The van der Waals surface area contributed by atoms with E-state index in [1.807, 2.05) is 0 Å². The molecule has 1 N–H and O–H groups in total. The summed E-state index contributed by atoms with van der Waals surface area (Å²) in [6.45, 7) is 0. The standard InChI is InChI=1S/C12H21NO5S2.Na.Zn.H/c14-10(4-2-1-3-8(20)5-6-19)13-9(12(17)18)7-11(15)16;;;/h8-9,19-20H,1-7H2,(H,13,14)(H,15,16)(H,17,18);;;/q;;+2;/p-2/t8?,9-;;;/m0.../s1. The van der Waals surface area contributed by atoms with Gasteiger partial charge in [-0.25, -0.2) is 0 Å². The van der Waals surface area contributed by atoms with Crippen LogP contribution in [0.5, 0.6) is 0 Å². The number of thiol groups is 2. The minimum atomic E-state index is -1.63. The Hall–Kier alpha value is 0.733. The number of carboxylic acid groups (broad SMARTS) is 2. The Morgan fingerprint density at radius 1 is 1.09 bits per heavy atom. The average molecular weight is 411 g/mol. The summed E-state index contributed by atoms with van der Waals surface area (Å²) in [7, 11) is 0. The predicted octanol–water partition coefficient (Wildman–Crippen LogP) is -2.11. The summed E-state index contributed by atoms with van der Waals surface area (Å²) < 4.78 is 0. The minimum absolute atomic E-state index is 0.